The van der Waals surface area contributed by atoms with Crippen LogP contribution in [0.1, 0.15) is 57.8 Å². The molecule has 0 aliphatic heterocycles. The summed E-state index contributed by atoms with van der Waals surface area (Å²) in [5, 5.41) is 12.2. The van der Waals surface area contributed by atoms with E-state index in [0.717, 1.165) is 31.6 Å². The third-order valence-electron chi connectivity index (χ3n) is 5.58. The van der Waals surface area contributed by atoms with Crippen LogP contribution < -0.4 is 5.32 Å². The number of nitrogens with one attached hydrogen (secondary N) is 1. The molecule has 0 saturated heterocycles. The van der Waals surface area contributed by atoms with E-state index < -0.39 is 0 Å². The fraction of sp³-hybridized carbons (Fsp3) is 0.875. The summed E-state index contributed by atoms with van der Waals surface area (Å²) in [6.45, 7) is 0.580. The Bertz CT molecular complexity index is 388. The van der Waals surface area contributed by atoms with Crippen molar-refractivity contribution >= 4 is 5.91 Å². The maximum Gasteiger partial charge on any atom is 0.223 e. The minimum absolute atomic E-state index is 0.220. The second-order valence-electron chi connectivity index (χ2n) is 6.87. The predicted molar refractivity (Wildman–Crippen MR) is 73.1 cm³/mol. The highest BCUT2D eigenvalue weighted by atomic mass is 16.2. The number of hydrogen-bond acceptors (Lipinski definition) is 2. The molecule has 3 heteroatoms. The lowest BCUT2D eigenvalue weighted by atomic mass is 9.70. The van der Waals surface area contributed by atoms with Crippen molar-refractivity contribution in [1.29, 1.82) is 5.26 Å². The van der Waals surface area contributed by atoms with E-state index in [-0.39, 0.29) is 17.2 Å². The van der Waals surface area contributed by atoms with Crippen LogP contribution in [0.2, 0.25) is 0 Å². The highest BCUT2D eigenvalue weighted by Crippen LogP contribution is 2.49. The van der Waals surface area contributed by atoms with Gasteiger partial charge in [-0.1, -0.05) is 38.5 Å². The molecule has 1 N–H and O–H groups in total. The molecule has 2 unspecified atom stereocenters. The first-order chi connectivity index (χ1) is 9.24. The molecular weight excluding hydrogens is 236 g/mol. The first kappa shape index (κ1) is 13.0. The molecule has 3 aliphatic carbocycles. The first-order valence-corrected chi connectivity index (χ1v) is 7.93. The lowest BCUT2D eigenvalue weighted by Gasteiger charge is -2.35. The number of rotatable bonds is 4. The third kappa shape index (κ3) is 2.63. The molecule has 3 saturated carbocycles. The van der Waals surface area contributed by atoms with E-state index in [2.05, 4.69) is 11.4 Å². The van der Waals surface area contributed by atoms with Crippen LogP contribution in [-0.2, 0) is 4.79 Å². The quantitative estimate of drug-likeness (QED) is 0.844. The summed E-state index contributed by atoms with van der Waals surface area (Å²) < 4.78 is 0. The molecule has 3 rings (SSSR count). The van der Waals surface area contributed by atoms with Crippen molar-refractivity contribution in [3.8, 4) is 6.07 Å². The van der Waals surface area contributed by atoms with Crippen LogP contribution >= 0.6 is 0 Å². The molecule has 3 aliphatic rings. The molecule has 0 aromatic heterocycles. The molecule has 0 radical (unpaired) electrons. The Morgan fingerprint density at radius 3 is 2.53 bits per heavy atom. The topological polar surface area (TPSA) is 52.9 Å². The van der Waals surface area contributed by atoms with E-state index in [4.69, 9.17) is 5.26 Å². The zero-order chi connectivity index (χ0) is 13.3. The molecular formula is C16H24N2O. The van der Waals surface area contributed by atoms with Gasteiger partial charge in [0.15, 0.2) is 0 Å². The molecule has 104 valence electrons. The highest BCUT2D eigenvalue weighted by Gasteiger charge is 2.48. The minimum Gasteiger partial charge on any atom is -0.354 e. The van der Waals surface area contributed by atoms with Gasteiger partial charge in [-0.25, -0.2) is 0 Å². The lowest BCUT2D eigenvalue weighted by molar-refractivity contribution is -0.123. The van der Waals surface area contributed by atoms with Crippen molar-refractivity contribution in [3.05, 3.63) is 0 Å². The molecule has 0 bridgehead atoms. The zero-order valence-electron chi connectivity index (χ0n) is 11.7. The smallest absolute Gasteiger partial charge is 0.223 e. The number of amides is 1. The number of carbonyl (C=O) groups excluding carboxylic acids is 1. The standard InChI is InChI=1S/C16H24N2O/c17-10-16(7-4-8-16)11-18-15(19)14-9-13(14)12-5-2-1-3-6-12/h12-14H,1-9,11H2,(H,18,19). The van der Waals surface area contributed by atoms with Gasteiger partial charge in [0.25, 0.3) is 0 Å². The van der Waals surface area contributed by atoms with Gasteiger partial charge in [0.05, 0.1) is 11.5 Å². The van der Waals surface area contributed by atoms with Gasteiger partial charge in [-0.05, 0) is 31.1 Å². The van der Waals surface area contributed by atoms with Crippen molar-refractivity contribution < 1.29 is 4.79 Å². The van der Waals surface area contributed by atoms with Gasteiger partial charge in [0.2, 0.25) is 5.91 Å². The van der Waals surface area contributed by atoms with Crippen molar-refractivity contribution in [2.75, 3.05) is 6.54 Å². The van der Waals surface area contributed by atoms with Crippen LogP contribution in [-0.4, -0.2) is 12.5 Å². The van der Waals surface area contributed by atoms with Gasteiger partial charge in [-0.3, -0.25) is 4.79 Å². The van der Waals surface area contributed by atoms with E-state index in [0.29, 0.717) is 12.5 Å². The molecule has 0 aromatic rings. The molecule has 3 fully saturated rings. The monoisotopic (exact) mass is 260 g/mol. The summed E-state index contributed by atoms with van der Waals surface area (Å²) in [5.41, 5.74) is -0.231. The van der Waals surface area contributed by atoms with Crippen LogP contribution in [0.15, 0.2) is 0 Å². The Labute approximate surface area is 115 Å². The van der Waals surface area contributed by atoms with Crippen LogP contribution in [0.5, 0.6) is 0 Å². The molecule has 0 spiro atoms. The Morgan fingerprint density at radius 2 is 1.95 bits per heavy atom. The van der Waals surface area contributed by atoms with Crippen LogP contribution in [0.25, 0.3) is 0 Å². The fourth-order valence-corrected chi connectivity index (χ4v) is 3.92. The summed E-state index contributed by atoms with van der Waals surface area (Å²) >= 11 is 0. The molecule has 0 aromatic carbocycles. The van der Waals surface area contributed by atoms with Gasteiger partial charge in [-0.15, -0.1) is 0 Å². The summed E-state index contributed by atoms with van der Waals surface area (Å²) in [6, 6.07) is 2.39. The van der Waals surface area contributed by atoms with E-state index in [1.807, 2.05) is 0 Å². The Hall–Kier alpha value is -1.04. The van der Waals surface area contributed by atoms with E-state index in [1.54, 1.807) is 0 Å². The summed E-state index contributed by atoms with van der Waals surface area (Å²) in [5.74, 6) is 1.94. The van der Waals surface area contributed by atoms with E-state index in [9.17, 15) is 4.79 Å². The number of carbonyl (C=O) groups is 1. The van der Waals surface area contributed by atoms with Gasteiger partial charge >= 0.3 is 0 Å². The van der Waals surface area contributed by atoms with Gasteiger partial charge < -0.3 is 5.32 Å². The SMILES string of the molecule is N#CC1(CNC(=O)C2CC2C2CCCCC2)CCC1. The Balaban J connectivity index is 1.43. The second-order valence-corrected chi connectivity index (χ2v) is 6.87. The van der Waals surface area contributed by atoms with Gasteiger partial charge in [0.1, 0.15) is 0 Å². The first-order valence-electron chi connectivity index (χ1n) is 7.93. The molecule has 3 nitrogen and oxygen atoms in total. The number of nitriles is 1. The molecule has 1 amide bonds. The Kier molecular flexibility index (Phi) is 3.52. The normalized spacial score (nSPS) is 33.0. The van der Waals surface area contributed by atoms with Gasteiger partial charge in [-0.2, -0.15) is 5.26 Å². The summed E-state index contributed by atoms with van der Waals surface area (Å²) in [7, 11) is 0. The van der Waals surface area contributed by atoms with Crippen LogP contribution in [0.4, 0.5) is 0 Å². The van der Waals surface area contributed by atoms with Crippen LogP contribution in [0, 0.1) is 34.5 Å². The number of hydrogen-bond donors (Lipinski definition) is 1. The van der Waals surface area contributed by atoms with E-state index >= 15 is 0 Å². The highest BCUT2D eigenvalue weighted by molar-refractivity contribution is 5.81. The maximum absolute atomic E-state index is 12.1. The average molecular weight is 260 g/mol. The Morgan fingerprint density at radius 1 is 1.21 bits per heavy atom. The number of nitrogens with zero attached hydrogens (tertiary/aromatic N) is 1. The predicted octanol–water partition coefficient (Wildman–Crippen LogP) is 3.01. The maximum atomic E-state index is 12.1. The third-order valence-corrected chi connectivity index (χ3v) is 5.58. The van der Waals surface area contributed by atoms with Crippen molar-refractivity contribution in [3.63, 3.8) is 0 Å². The molecule has 2 atom stereocenters. The van der Waals surface area contributed by atoms with Gasteiger partial charge in [0, 0.05) is 12.5 Å². The van der Waals surface area contributed by atoms with Crippen molar-refractivity contribution in [2.45, 2.75) is 57.8 Å². The van der Waals surface area contributed by atoms with Crippen molar-refractivity contribution in [1.82, 2.24) is 5.32 Å². The largest absolute Gasteiger partial charge is 0.354 e. The second kappa shape index (κ2) is 5.15. The lowest BCUT2D eigenvalue weighted by Crippen LogP contribution is -2.41. The fourth-order valence-electron chi connectivity index (χ4n) is 3.92. The zero-order valence-corrected chi connectivity index (χ0v) is 11.7. The molecule has 0 heterocycles. The minimum atomic E-state index is -0.231. The average Bonchev–Trinajstić information content (AvgIpc) is 3.19. The van der Waals surface area contributed by atoms with E-state index in [1.165, 1.54) is 32.1 Å². The van der Waals surface area contributed by atoms with Crippen LogP contribution in [0.3, 0.4) is 0 Å². The molecule has 19 heavy (non-hydrogen) atoms. The summed E-state index contributed by atoms with van der Waals surface area (Å²) in [6.07, 6.45) is 10.9. The van der Waals surface area contributed by atoms with Crippen molar-refractivity contribution in [2.24, 2.45) is 23.2 Å². The summed E-state index contributed by atoms with van der Waals surface area (Å²) in [4.78, 5) is 12.1.